The number of hydrogen-bond acceptors (Lipinski definition) is 4. The van der Waals surface area contributed by atoms with Gasteiger partial charge in [0.15, 0.2) is 0 Å². The van der Waals surface area contributed by atoms with Crippen molar-refractivity contribution >= 4 is 0 Å². The second kappa shape index (κ2) is 8.44. The van der Waals surface area contributed by atoms with Gasteiger partial charge in [0, 0.05) is 32.8 Å². The molecule has 4 nitrogen and oxygen atoms in total. The fourth-order valence-corrected chi connectivity index (χ4v) is 1.10. The van der Waals surface area contributed by atoms with Gasteiger partial charge in [-0.15, -0.1) is 0 Å². The lowest BCUT2D eigenvalue weighted by atomic mass is 10.4. The van der Waals surface area contributed by atoms with Gasteiger partial charge in [0.1, 0.15) is 0 Å². The van der Waals surface area contributed by atoms with Gasteiger partial charge in [0.25, 0.3) is 0 Å². The van der Waals surface area contributed by atoms with Crippen LogP contribution < -0.4 is 10.6 Å². The highest BCUT2D eigenvalue weighted by atomic mass is 15.2. The molecule has 0 rings (SSSR count). The fraction of sp³-hybridized carbons (Fsp3) is 1.00. The van der Waals surface area contributed by atoms with Crippen LogP contribution in [0.15, 0.2) is 0 Å². The third kappa shape index (κ3) is 8.18. The summed E-state index contributed by atoms with van der Waals surface area (Å²) in [4.78, 5) is 4.61. The first-order chi connectivity index (χ1) is 6.20. The van der Waals surface area contributed by atoms with Crippen molar-refractivity contribution in [3.8, 4) is 0 Å². The Bertz CT molecular complexity index is 106. The van der Waals surface area contributed by atoms with Gasteiger partial charge in [0.2, 0.25) is 0 Å². The number of nitrogens with one attached hydrogen (secondary N) is 2. The zero-order valence-electron chi connectivity index (χ0n) is 9.43. The van der Waals surface area contributed by atoms with Crippen LogP contribution in [-0.4, -0.2) is 70.8 Å². The highest BCUT2D eigenvalue weighted by molar-refractivity contribution is 4.58. The van der Waals surface area contributed by atoms with Gasteiger partial charge in [-0.3, -0.25) is 4.90 Å². The van der Waals surface area contributed by atoms with Crippen molar-refractivity contribution in [2.24, 2.45) is 0 Å². The summed E-state index contributed by atoms with van der Waals surface area (Å²) < 4.78 is 0. The van der Waals surface area contributed by atoms with Crippen LogP contribution >= 0.6 is 0 Å². The topological polar surface area (TPSA) is 30.5 Å². The van der Waals surface area contributed by atoms with E-state index in [2.05, 4.69) is 34.5 Å². The largest absolute Gasteiger partial charge is 0.318 e. The smallest absolute Gasteiger partial charge is 0.0479 e. The molecule has 0 aliphatic carbocycles. The SMILES string of the molecule is CNCCN(CCN(C)C)CNC. The number of hydrogen-bond donors (Lipinski definition) is 2. The molecule has 80 valence electrons. The van der Waals surface area contributed by atoms with E-state index in [0.29, 0.717) is 0 Å². The van der Waals surface area contributed by atoms with E-state index in [1.807, 2.05) is 14.1 Å². The summed E-state index contributed by atoms with van der Waals surface area (Å²) in [5, 5.41) is 6.34. The van der Waals surface area contributed by atoms with Crippen molar-refractivity contribution in [3.05, 3.63) is 0 Å². The molecule has 0 aromatic heterocycles. The van der Waals surface area contributed by atoms with Crippen molar-refractivity contribution in [3.63, 3.8) is 0 Å². The Morgan fingerprint density at radius 3 is 2.08 bits per heavy atom. The zero-order chi connectivity index (χ0) is 10.1. The lowest BCUT2D eigenvalue weighted by molar-refractivity contribution is 0.232. The van der Waals surface area contributed by atoms with Crippen molar-refractivity contribution < 1.29 is 0 Å². The maximum absolute atomic E-state index is 3.18. The van der Waals surface area contributed by atoms with Gasteiger partial charge in [-0.1, -0.05) is 0 Å². The Hall–Kier alpha value is -0.160. The number of nitrogens with zero attached hydrogens (tertiary/aromatic N) is 2. The summed E-state index contributed by atoms with van der Waals surface area (Å²) in [5.74, 6) is 0. The summed E-state index contributed by atoms with van der Waals surface area (Å²) >= 11 is 0. The van der Waals surface area contributed by atoms with Gasteiger partial charge in [-0.2, -0.15) is 0 Å². The van der Waals surface area contributed by atoms with E-state index in [1.165, 1.54) is 0 Å². The van der Waals surface area contributed by atoms with E-state index < -0.39 is 0 Å². The molecule has 0 atom stereocenters. The third-order valence-corrected chi connectivity index (χ3v) is 1.92. The van der Waals surface area contributed by atoms with Crippen LogP contribution in [0.25, 0.3) is 0 Å². The highest BCUT2D eigenvalue weighted by Gasteiger charge is 2.02. The van der Waals surface area contributed by atoms with E-state index >= 15 is 0 Å². The summed E-state index contributed by atoms with van der Waals surface area (Å²) in [6, 6.07) is 0. The van der Waals surface area contributed by atoms with Gasteiger partial charge >= 0.3 is 0 Å². The molecule has 0 saturated carbocycles. The average Bonchev–Trinajstić information content (AvgIpc) is 2.09. The van der Waals surface area contributed by atoms with Crippen LogP contribution in [0.3, 0.4) is 0 Å². The molecule has 0 aromatic carbocycles. The standard InChI is InChI=1S/C9H24N4/c1-10-5-6-13(9-11-2)8-7-12(3)4/h10-11H,5-9H2,1-4H3. The molecule has 0 saturated heterocycles. The average molecular weight is 188 g/mol. The summed E-state index contributed by atoms with van der Waals surface area (Å²) in [6.45, 7) is 5.36. The molecule has 4 heteroatoms. The van der Waals surface area contributed by atoms with Crippen LogP contribution in [0.1, 0.15) is 0 Å². The first-order valence-corrected chi connectivity index (χ1v) is 4.87. The normalized spacial score (nSPS) is 11.5. The Balaban J connectivity index is 3.53. The molecule has 0 radical (unpaired) electrons. The van der Waals surface area contributed by atoms with Gasteiger partial charge in [-0.25, -0.2) is 0 Å². The first kappa shape index (κ1) is 12.8. The van der Waals surface area contributed by atoms with E-state index in [4.69, 9.17) is 0 Å². The Morgan fingerprint density at radius 1 is 0.923 bits per heavy atom. The molecule has 0 bridgehead atoms. The van der Waals surface area contributed by atoms with Crippen molar-refractivity contribution in [2.45, 2.75) is 0 Å². The lowest BCUT2D eigenvalue weighted by Crippen LogP contribution is -2.40. The van der Waals surface area contributed by atoms with Gasteiger partial charge < -0.3 is 15.5 Å². The Labute approximate surface area is 82.3 Å². The predicted molar refractivity (Wildman–Crippen MR) is 58.0 cm³/mol. The van der Waals surface area contributed by atoms with Crippen LogP contribution in [0.4, 0.5) is 0 Å². The van der Waals surface area contributed by atoms with Crippen molar-refractivity contribution in [2.75, 3.05) is 61.0 Å². The van der Waals surface area contributed by atoms with E-state index in [1.54, 1.807) is 0 Å². The molecule has 0 aliphatic heterocycles. The molecule has 0 heterocycles. The summed E-state index contributed by atoms with van der Waals surface area (Å²) in [5.41, 5.74) is 0. The molecule has 0 aromatic rings. The molecular weight excluding hydrogens is 164 g/mol. The fourth-order valence-electron chi connectivity index (χ4n) is 1.10. The first-order valence-electron chi connectivity index (χ1n) is 4.87. The molecule has 0 aliphatic rings. The van der Waals surface area contributed by atoms with E-state index in [9.17, 15) is 0 Å². The molecule has 0 unspecified atom stereocenters. The molecular formula is C9H24N4. The number of likely N-dealkylation sites (N-methyl/N-ethyl adjacent to an activating group) is 2. The zero-order valence-corrected chi connectivity index (χ0v) is 9.43. The van der Waals surface area contributed by atoms with Crippen molar-refractivity contribution in [1.29, 1.82) is 0 Å². The molecule has 13 heavy (non-hydrogen) atoms. The minimum Gasteiger partial charge on any atom is -0.318 e. The maximum atomic E-state index is 3.18. The lowest BCUT2D eigenvalue weighted by Gasteiger charge is -2.23. The summed E-state index contributed by atoms with van der Waals surface area (Å²) in [7, 11) is 8.19. The molecule has 2 N–H and O–H groups in total. The van der Waals surface area contributed by atoms with E-state index in [-0.39, 0.29) is 0 Å². The van der Waals surface area contributed by atoms with Gasteiger partial charge in [0.05, 0.1) is 0 Å². The highest BCUT2D eigenvalue weighted by Crippen LogP contribution is 1.85. The molecule has 0 amide bonds. The van der Waals surface area contributed by atoms with Crippen LogP contribution in [0, 0.1) is 0 Å². The quantitative estimate of drug-likeness (QED) is 0.491. The minimum absolute atomic E-state index is 0.968. The maximum Gasteiger partial charge on any atom is 0.0479 e. The number of rotatable bonds is 8. The molecule has 0 fully saturated rings. The summed E-state index contributed by atoms with van der Waals surface area (Å²) in [6.07, 6.45) is 0. The monoisotopic (exact) mass is 188 g/mol. The third-order valence-electron chi connectivity index (χ3n) is 1.92. The Morgan fingerprint density at radius 2 is 1.62 bits per heavy atom. The second-order valence-corrected chi connectivity index (χ2v) is 3.54. The van der Waals surface area contributed by atoms with Crippen LogP contribution in [0.2, 0.25) is 0 Å². The van der Waals surface area contributed by atoms with Gasteiger partial charge in [-0.05, 0) is 28.2 Å². The minimum atomic E-state index is 0.968. The van der Waals surface area contributed by atoms with Crippen molar-refractivity contribution in [1.82, 2.24) is 20.4 Å². The van der Waals surface area contributed by atoms with Crippen LogP contribution in [-0.2, 0) is 0 Å². The second-order valence-electron chi connectivity index (χ2n) is 3.54. The predicted octanol–water partition coefficient (Wildman–Crippen LogP) is -0.754. The van der Waals surface area contributed by atoms with E-state index in [0.717, 1.165) is 32.8 Å². The Kier molecular flexibility index (Phi) is 8.33. The van der Waals surface area contributed by atoms with Crippen LogP contribution in [0.5, 0.6) is 0 Å². The molecule has 0 spiro atoms.